The van der Waals surface area contributed by atoms with Crippen LogP contribution in [0.15, 0.2) is 54.9 Å². The van der Waals surface area contributed by atoms with Gasteiger partial charge in [0, 0.05) is 18.4 Å². The lowest BCUT2D eigenvalue weighted by Crippen LogP contribution is -2.24. The zero-order valence-corrected chi connectivity index (χ0v) is 11.9. The molecule has 2 aromatic rings. The molecule has 1 aromatic heterocycles. The normalized spacial score (nSPS) is 19.3. The summed E-state index contributed by atoms with van der Waals surface area (Å²) < 4.78 is 0. The van der Waals surface area contributed by atoms with Crippen molar-refractivity contribution in [3.05, 3.63) is 66.0 Å². The summed E-state index contributed by atoms with van der Waals surface area (Å²) in [6.07, 6.45) is 8.89. The maximum atomic E-state index is 4.26. The largest absolute Gasteiger partial charge is 0.296 e. The smallest absolute Gasteiger partial charge is 0.0363 e. The molecular formula is C18H22N2. The summed E-state index contributed by atoms with van der Waals surface area (Å²) in [5, 5.41) is 0. The number of aryl methyl sites for hydroxylation is 1. The Balaban J connectivity index is 1.54. The molecule has 20 heavy (non-hydrogen) atoms. The summed E-state index contributed by atoms with van der Waals surface area (Å²) in [5.41, 5.74) is 2.83. The highest BCUT2D eigenvalue weighted by atomic mass is 15.2. The standard InChI is InChI=1S/C18H22N2/c1-2-7-16(8-3-1)9-5-13-20-14-6-11-18(20)17-10-4-12-19-15-17/h1-4,7-8,10,12,15,18H,5-6,9,11,13-14H2. The Morgan fingerprint density at radius 3 is 2.80 bits per heavy atom. The first-order chi connectivity index (χ1) is 9.93. The van der Waals surface area contributed by atoms with Crippen LogP contribution in [-0.4, -0.2) is 23.0 Å². The number of benzene rings is 1. The minimum absolute atomic E-state index is 0.583. The molecule has 2 heterocycles. The van der Waals surface area contributed by atoms with Crippen LogP contribution >= 0.6 is 0 Å². The first kappa shape index (κ1) is 13.3. The third-order valence-electron chi connectivity index (χ3n) is 4.19. The summed E-state index contributed by atoms with van der Waals surface area (Å²) in [6.45, 7) is 2.42. The topological polar surface area (TPSA) is 16.1 Å². The van der Waals surface area contributed by atoms with Crippen molar-refractivity contribution in [3.63, 3.8) is 0 Å². The van der Waals surface area contributed by atoms with Crippen molar-refractivity contribution in [1.29, 1.82) is 0 Å². The van der Waals surface area contributed by atoms with Crippen molar-refractivity contribution >= 4 is 0 Å². The minimum atomic E-state index is 0.583. The lowest BCUT2D eigenvalue weighted by molar-refractivity contribution is 0.254. The Morgan fingerprint density at radius 2 is 2.00 bits per heavy atom. The van der Waals surface area contributed by atoms with Crippen LogP contribution in [0, 0.1) is 0 Å². The monoisotopic (exact) mass is 266 g/mol. The van der Waals surface area contributed by atoms with Crippen LogP contribution < -0.4 is 0 Å². The molecule has 3 rings (SSSR count). The molecule has 0 radical (unpaired) electrons. The van der Waals surface area contributed by atoms with Gasteiger partial charge in [-0.05, 0) is 56.0 Å². The van der Waals surface area contributed by atoms with Crippen molar-refractivity contribution in [2.24, 2.45) is 0 Å². The number of likely N-dealkylation sites (tertiary alicyclic amines) is 1. The maximum absolute atomic E-state index is 4.26. The Morgan fingerprint density at radius 1 is 1.10 bits per heavy atom. The first-order valence-corrected chi connectivity index (χ1v) is 7.61. The number of hydrogen-bond donors (Lipinski definition) is 0. The summed E-state index contributed by atoms with van der Waals surface area (Å²) in [6, 6.07) is 15.6. The van der Waals surface area contributed by atoms with E-state index in [-0.39, 0.29) is 0 Å². The fourth-order valence-electron chi connectivity index (χ4n) is 3.18. The predicted octanol–water partition coefficient (Wildman–Crippen LogP) is 3.85. The zero-order valence-electron chi connectivity index (χ0n) is 11.9. The molecule has 1 aliphatic rings. The molecular weight excluding hydrogens is 244 g/mol. The molecule has 2 nitrogen and oxygen atoms in total. The van der Waals surface area contributed by atoms with Crippen LogP contribution in [0.2, 0.25) is 0 Å². The van der Waals surface area contributed by atoms with Gasteiger partial charge in [0.05, 0.1) is 0 Å². The van der Waals surface area contributed by atoms with Gasteiger partial charge in [0.1, 0.15) is 0 Å². The van der Waals surface area contributed by atoms with Crippen molar-refractivity contribution in [3.8, 4) is 0 Å². The zero-order chi connectivity index (χ0) is 13.6. The van der Waals surface area contributed by atoms with Crippen molar-refractivity contribution in [2.45, 2.75) is 31.7 Å². The molecule has 0 amide bonds. The van der Waals surface area contributed by atoms with Crippen molar-refractivity contribution in [2.75, 3.05) is 13.1 Å². The third kappa shape index (κ3) is 3.26. The quantitative estimate of drug-likeness (QED) is 0.817. The van der Waals surface area contributed by atoms with Gasteiger partial charge in [-0.3, -0.25) is 9.88 Å². The molecule has 1 unspecified atom stereocenters. The van der Waals surface area contributed by atoms with Crippen LogP contribution in [0.4, 0.5) is 0 Å². The van der Waals surface area contributed by atoms with Crippen molar-refractivity contribution in [1.82, 2.24) is 9.88 Å². The van der Waals surface area contributed by atoms with Crippen molar-refractivity contribution < 1.29 is 0 Å². The molecule has 1 saturated heterocycles. The van der Waals surface area contributed by atoms with Crippen LogP contribution in [0.3, 0.4) is 0 Å². The predicted molar refractivity (Wildman–Crippen MR) is 82.5 cm³/mol. The van der Waals surface area contributed by atoms with Gasteiger partial charge in [-0.25, -0.2) is 0 Å². The van der Waals surface area contributed by atoms with E-state index < -0.39 is 0 Å². The molecule has 1 aromatic carbocycles. The summed E-state index contributed by atoms with van der Waals surface area (Å²) >= 11 is 0. The van der Waals surface area contributed by atoms with E-state index >= 15 is 0 Å². The molecule has 1 atom stereocenters. The van der Waals surface area contributed by atoms with Gasteiger partial charge in [-0.2, -0.15) is 0 Å². The Kier molecular flexibility index (Phi) is 4.44. The first-order valence-electron chi connectivity index (χ1n) is 7.61. The van der Waals surface area contributed by atoms with E-state index in [0.717, 1.165) is 0 Å². The fraction of sp³-hybridized carbons (Fsp3) is 0.389. The van der Waals surface area contributed by atoms with E-state index in [1.54, 1.807) is 0 Å². The SMILES string of the molecule is c1ccc(CCCN2CCCC2c2cccnc2)cc1. The fourth-order valence-corrected chi connectivity index (χ4v) is 3.18. The molecule has 104 valence electrons. The average molecular weight is 266 g/mol. The average Bonchev–Trinajstić information content (AvgIpc) is 2.98. The van der Waals surface area contributed by atoms with Crippen LogP contribution in [0.5, 0.6) is 0 Å². The highest BCUT2D eigenvalue weighted by Crippen LogP contribution is 2.31. The molecule has 1 fully saturated rings. The van der Waals surface area contributed by atoms with E-state index in [2.05, 4.69) is 52.3 Å². The number of nitrogens with zero attached hydrogens (tertiary/aromatic N) is 2. The lowest BCUT2D eigenvalue weighted by Gasteiger charge is -2.24. The van der Waals surface area contributed by atoms with Gasteiger partial charge in [0.25, 0.3) is 0 Å². The van der Waals surface area contributed by atoms with Crippen LogP contribution in [0.1, 0.15) is 36.4 Å². The van der Waals surface area contributed by atoms with Gasteiger partial charge < -0.3 is 0 Å². The van der Waals surface area contributed by atoms with E-state index in [0.29, 0.717) is 6.04 Å². The van der Waals surface area contributed by atoms with Gasteiger partial charge in [-0.1, -0.05) is 36.4 Å². The third-order valence-corrected chi connectivity index (χ3v) is 4.19. The minimum Gasteiger partial charge on any atom is -0.296 e. The second kappa shape index (κ2) is 6.67. The van der Waals surface area contributed by atoms with Gasteiger partial charge in [-0.15, -0.1) is 0 Å². The molecule has 0 bridgehead atoms. The molecule has 0 saturated carbocycles. The Labute approximate surface area is 121 Å². The molecule has 2 heteroatoms. The van der Waals surface area contributed by atoms with E-state index in [1.165, 1.54) is 49.9 Å². The van der Waals surface area contributed by atoms with E-state index in [4.69, 9.17) is 0 Å². The number of hydrogen-bond acceptors (Lipinski definition) is 2. The summed E-state index contributed by atoms with van der Waals surface area (Å²) in [4.78, 5) is 6.89. The van der Waals surface area contributed by atoms with E-state index in [1.807, 2.05) is 12.4 Å². The second-order valence-corrected chi connectivity index (χ2v) is 5.57. The Bertz CT molecular complexity index is 509. The number of rotatable bonds is 5. The number of aromatic nitrogens is 1. The second-order valence-electron chi connectivity index (χ2n) is 5.57. The summed E-state index contributed by atoms with van der Waals surface area (Å²) in [5.74, 6) is 0. The van der Waals surface area contributed by atoms with Gasteiger partial charge >= 0.3 is 0 Å². The van der Waals surface area contributed by atoms with Gasteiger partial charge in [0.15, 0.2) is 0 Å². The molecule has 0 aliphatic carbocycles. The lowest BCUT2D eigenvalue weighted by atomic mass is 10.1. The number of pyridine rings is 1. The maximum Gasteiger partial charge on any atom is 0.0363 e. The van der Waals surface area contributed by atoms with Gasteiger partial charge in [0.2, 0.25) is 0 Å². The molecule has 1 aliphatic heterocycles. The van der Waals surface area contributed by atoms with E-state index in [9.17, 15) is 0 Å². The highest BCUT2D eigenvalue weighted by Gasteiger charge is 2.25. The highest BCUT2D eigenvalue weighted by molar-refractivity contribution is 5.16. The molecule has 0 N–H and O–H groups in total. The summed E-state index contributed by atoms with van der Waals surface area (Å²) in [7, 11) is 0. The van der Waals surface area contributed by atoms with Crippen LogP contribution in [-0.2, 0) is 6.42 Å². The molecule has 0 spiro atoms. The van der Waals surface area contributed by atoms with Crippen LogP contribution in [0.25, 0.3) is 0 Å². The Hall–Kier alpha value is -1.67.